The number of nitrogens with one attached hydrogen (secondary N) is 1. The summed E-state index contributed by atoms with van der Waals surface area (Å²) < 4.78 is 0. The number of aromatic hydroxyl groups is 2. The maximum absolute atomic E-state index is 9.55. The molecule has 0 amide bonds. The van der Waals surface area contributed by atoms with Crippen LogP contribution in [0.5, 0.6) is 11.5 Å². The molecule has 6 heteroatoms. The Labute approximate surface area is 144 Å². The lowest BCUT2D eigenvalue weighted by molar-refractivity contribution is 0.404. The number of phenolic OH excluding ortho intramolecular Hbond substituents is 2. The van der Waals surface area contributed by atoms with Crippen LogP contribution in [-0.2, 0) is 6.42 Å². The quantitative estimate of drug-likeness (QED) is 0.601. The molecule has 0 bridgehead atoms. The van der Waals surface area contributed by atoms with Gasteiger partial charge in [0.1, 0.15) is 0 Å². The number of thiazole rings is 1. The normalized spacial score (nSPS) is 10.1. The van der Waals surface area contributed by atoms with Gasteiger partial charge in [0.15, 0.2) is 16.6 Å². The van der Waals surface area contributed by atoms with E-state index in [2.05, 4.69) is 22.4 Å². The molecule has 23 heavy (non-hydrogen) atoms. The number of halogens is 1. The van der Waals surface area contributed by atoms with E-state index in [9.17, 15) is 10.2 Å². The van der Waals surface area contributed by atoms with Gasteiger partial charge in [0.25, 0.3) is 0 Å². The average molecular weight is 349 g/mol. The Kier molecular flexibility index (Phi) is 5.84. The van der Waals surface area contributed by atoms with E-state index in [-0.39, 0.29) is 23.9 Å². The maximum Gasteiger partial charge on any atom is 0.183 e. The van der Waals surface area contributed by atoms with Crippen molar-refractivity contribution < 1.29 is 10.2 Å². The van der Waals surface area contributed by atoms with Crippen LogP contribution < -0.4 is 5.32 Å². The zero-order valence-corrected chi connectivity index (χ0v) is 13.9. The molecular formula is C17H17ClN2O2S. The van der Waals surface area contributed by atoms with Crippen molar-refractivity contribution in [2.45, 2.75) is 6.42 Å². The molecule has 3 aromatic rings. The number of hydrogen-bond acceptors (Lipinski definition) is 5. The van der Waals surface area contributed by atoms with E-state index >= 15 is 0 Å². The van der Waals surface area contributed by atoms with Gasteiger partial charge in [0.2, 0.25) is 0 Å². The van der Waals surface area contributed by atoms with Gasteiger partial charge in [-0.15, -0.1) is 23.7 Å². The van der Waals surface area contributed by atoms with Gasteiger partial charge >= 0.3 is 0 Å². The fourth-order valence-corrected chi connectivity index (χ4v) is 2.88. The predicted octanol–water partition coefficient (Wildman–Crippen LogP) is 4.30. The van der Waals surface area contributed by atoms with E-state index < -0.39 is 0 Å². The molecule has 0 atom stereocenters. The lowest BCUT2D eigenvalue weighted by Gasteiger charge is -2.03. The van der Waals surface area contributed by atoms with E-state index in [1.165, 1.54) is 29.0 Å². The first kappa shape index (κ1) is 17.1. The van der Waals surface area contributed by atoms with Gasteiger partial charge in [-0.05, 0) is 30.2 Å². The monoisotopic (exact) mass is 348 g/mol. The lowest BCUT2D eigenvalue weighted by atomic mass is 10.1. The molecule has 120 valence electrons. The highest BCUT2D eigenvalue weighted by Crippen LogP contribution is 2.31. The van der Waals surface area contributed by atoms with E-state index in [1.54, 1.807) is 6.07 Å². The van der Waals surface area contributed by atoms with Gasteiger partial charge < -0.3 is 15.5 Å². The minimum atomic E-state index is -0.135. The third kappa shape index (κ3) is 4.37. The Bertz CT molecular complexity index is 762. The second kappa shape index (κ2) is 7.85. The number of benzene rings is 2. The van der Waals surface area contributed by atoms with Crippen LogP contribution in [0.3, 0.4) is 0 Å². The number of nitrogens with zero attached hydrogens (tertiary/aromatic N) is 1. The maximum atomic E-state index is 9.55. The largest absolute Gasteiger partial charge is 0.504 e. The predicted molar refractivity (Wildman–Crippen MR) is 96.8 cm³/mol. The van der Waals surface area contributed by atoms with Crippen molar-refractivity contribution in [2.24, 2.45) is 0 Å². The summed E-state index contributed by atoms with van der Waals surface area (Å²) in [6, 6.07) is 15.0. The van der Waals surface area contributed by atoms with Crippen LogP contribution in [0.4, 0.5) is 5.13 Å². The van der Waals surface area contributed by atoms with Gasteiger partial charge in [-0.3, -0.25) is 0 Å². The average Bonchev–Trinajstić information content (AvgIpc) is 3.00. The number of anilines is 1. The molecule has 4 nitrogen and oxygen atoms in total. The third-order valence-electron chi connectivity index (χ3n) is 3.31. The van der Waals surface area contributed by atoms with Crippen LogP contribution in [0.25, 0.3) is 11.3 Å². The van der Waals surface area contributed by atoms with Crippen molar-refractivity contribution >= 4 is 28.9 Å². The highest BCUT2D eigenvalue weighted by molar-refractivity contribution is 7.14. The fourth-order valence-electron chi connectivity index (χ4n) is 2.13. The van der Waals surface area contributed by atoms with Crippen LogP contribution >= 0.6 is 23.7 Å². The molecule has 0 saturated carbocycles. The van der Waals surface area contributed by atoms with E-state index in [4.69, 9.17) is 0 Å². The molecule has 0 saturated heterocycles. The summed E-state index contributed by atoms with van der Waals surface area (Å²) in [6.45, 7) is 0.817. The minimum Gasteiger partial charge on any atom is -0.504 e. The molecule has 1 heterocycles. The molecule has 3 N–H and O–H groups in total. The molecule has 0 aliphatic carbocycles. The molecule has 3 rings (SSSR count). The standard InChI is InChI=1S/C17H16N2O2S.ClH/c20-15-7-6-13(10-16(15)21)14-11-22-17(19-14)18-9-8-12-4-2-1-3-5-12;/h1-7,10-11,20-21H,8-9H2,(H,18,19);1H. The fraction of sp³-hybridized carbons (Fsp3) is 0.118. The minimum absolute atomic E-state index is 0. The zero-order valence-electron chi connectivity index (χ0n) is 12.3. The van der Waals surface area contributed by atoms with Crippen LogP contribution in [-0.4, -0.2) is 21.7 Å². The summed E-state index contributed by atoms with van der Waals surface area (Å²) in [6.07, 6.45) is 0.940. The summed E-state index contributed by atoms with van der Waals surface area (Å²) in [7, 11) is 0. The summed E-state index contributed by atoms with van der Waals surface area (Å²) >= 11 is 1.52. The number of aromatic nitrogens is 1. The first-order valence-electron chi connectivity index (χ1n) is 6.98. The van der Waals surface area contributed by atoms with Gasteiger partial charge in [-0.2, -0.15) is 0 Å². The zero-order chi connectivity index (χ0) is 15.4. The molecular weight excluding hydrogens is 332 g/mol. The SMILES string of the molecule is Cl.Oc1ccc(-c2csc(NCCc3ccccc3)n2)cc1O. The van der Waals surface area contributed by atoms with Crippen LogP contribution in [0, 0.1) is 0 Å². The van der Waals surface area contributed by atoms with E-state index in [1.807, 2.05) is 23.6 Å². The Morgan fingerprint density at radius 2 is 1.78 bits per heavy atom. The Morgan fingerprint density at radius 3 is 2.52 bits per heavy atom. The molecule has 0 radical (unpaired) electrons. The van der Waals surface area contributed by atoms with Crippen molar-refractivity contribution in [3.8, 4) is 22.8 Å². The van der Waals surface area contributed by atoms with Crippen LogP contribution in [0.15, 0.2) is 53.9 Å². The second-order valence-electron chi connectivity index (χ2n) is 4.90. The summed E-state index contributed by atoms with van der Waals surface area (Å²) in [5.74, 6) is -0.260. The topological polar surface area (TPSA) is 65.4 Å². The van der Waals surface area contributed by atoms with Gasteiger partial charge in [-0.25, -0.2) is 4.98 Å². The molecule has 0 aliphatic rings. The van der Waals surface area contributed by atoms with Gasteiger partial charge in [-0.1, -0.05) is 30.3 Å². The first-order chi connectivity index (χ1) is 10.7. The first-order valence-corrected chi connectivity index (χ1v) is 7.86. The molecule has 1 aromatic heterocycles. The summed E-state index contributed by atoms with van der Waals surface area (Å²) in [4.78, 5) is 4.50. The van der Waals surface area contributed by atoms with E-state index in [0.717, 1.165) is 29.4 Å². The second-order valence-corrected chi connectivity index (χ2v) is 5.76. The lowest BCUT2D eigenvalue weighted by Crippen LogP contribution is -2.04. The number of rotatable bonds is 5. The molecule has 2 aromatic carbocycles. The van der Waals surface area contributed by atoms with Crippen molar-refractivity contribution in [2.75, 3.05) is 11.9 Å². The summed E-state index contributed by atoms with van der Waals surface area (Å²) in [5, 5.41) is 25.0. The van der Waals surface area contributed by atoms with Gasteiger partial charge in [0, 0.05) is 17.5 Å². The van der Waals surface area contributed by atoms with Crippen LogP contribution in [0.1, 0.15) is 5.56 Å². The molecule has 0 fully saturated rings. The molecule has 0 unspecified atom stereocenters. The third-order valence-corrected chi connectivity index (χ3v) is 4.11. The van der Waals surface area contributed by atoms with Crippen molar-refractivity contribution in [3.05, 3.63) is 59.5 Å². The van der Waals surface area contributed by atoms with Crippen molar-refractivity contribution in [3.63, 3.8) is 0 Å². The molecule has 0 aliphatic heterocycles. The number of hydrogen-bond donors (Lipinski definition) is 3. The highest BCUT2D eigenvalue weighted by atomic mass is 35.5. The van der Waals surface area contributed by atoms with Crippen molar-refractivity contribution in [1.29, 1.82) is 0 Å². The Hall–Kier alpha value is -2.24. The smallest absolute Gasteiger partial charge is 0.183 e. The molecule has 0 spiro atoms. The van der Waals surface area contributed by atoms with Gasteiger partial charge in [0.05, 0.1) is 5.69 Å². The van der Waals surface area contributed by atoms with E-state index in [0.29, 0.717) is 0 Å². The Morgan fingerprint density at radius 1 is 1.00 bits per heavy atom. The summed E-state index contributed by atoms with van der Waals surface area (Å²) in [5.41, 5.74) is 2.85. The number of phenols is 2. The van der Waals surface area contributed by atoms with Crippen molar-refractivity contribution in [1.82, 2.24) is 4.98 Å². The highest BCUT2D eigenvalue weighted by Gasteiger charge is 2.07. The Balaban J connectivity index is 0.00000192. The van der Waals surface area contributed by atoms with Crippen LogP contribution in [0.2, 0.25) is 0 Å².